The minimum Gasteiger partial charge on any atom is -0.347 e. The molecule has 5 nitrogen and oxygen atoms in total. The standard InChI is InChI=1S/C14H19N3O2/c1-17(2)13(18)9-16-14(19)11-4-3-10-5-6-15-8-12(10)7-11/h3-4,7,15H,5-6,8-9H2,1-2H3,(H,16,19). The summed E-state index contributed by atoms with van der Waals surface area (Å²) in [7, 11) is 3.33. The zero-order valence-corrected chi connectivity index (χ0v) is 11.3. The molecule has 0 aliphatic carbocycles. The van der Waals surface area contributed by atoms with Gasteiger partial charge in [0, 0.05) is 26.2 Å². The van der Waals surface area contributed by atoms with E-state index in [2.05, 4.69) is 10.6 Å². The maximum Gasteiger partial charge on any atom is 0.251 e. The molecule has 0 aromatic heterocycles. The Morgan fingerprint density at radius 1 is 1.32 bits per heavy atom. The third-order valence-electron chi connectivity index (χ3n) is 3.25. The molecule has 1 aromatic carbocycles. The van der Waals surface area contributed by atoms with Crippen LogP contribution in [0.3, 0.4) is 0 Å². The third kappa shape index (κ3) is 3.32. The molecule has 2 amide bonds. The first-order chi connectivity index (χ1) is 9.08. The SMILES string of the molecule is CN(C)C(=O)CNC(=O)c1ccc2c(c1)CNCC2. The molecule has 102 valence electrons. The van der Waals surface area contributed by atoms with Gasteiger partial charge in [-0.1, -0.05) is 6.07 Å². The lowest BCUT2D eigenvalue weighted by Gasteiger charge is -2.17. The minimum absolute atomic E-state index is 0.0289. The molecule has 19 heavy (non-hydrogen) atoms. The van der Waals surface area contributed by atoms with E-state index in [0.29, 0.717) is 5.56 Å². The van der Waals surface area contributed by atoms with Crippen LogP contribution in [0.5, 0.6) is 0 Å². The van der Waals surface area contributed by atoms with Crippen LogP contribution >= 0.6 is 0 Å². The summed E-state index contributed by atoms with van der Waals surface area (Å²) in [6.45, 7) is 1.81. The van der Waals surface area contributed by atoms with Crippen LogP contribution in [0.4, 0.5) is 0 Å². The van der Waals surface area contributed by atoms with Gasteiger partial charge in [0.25, 0.3) is 5.91 Å². The molecule has 0 atom stereocenters. The van der Waals surface area contributed by atoms with Gasteiger partial charge >= 0.3 is 0 Å². The quantitative estimate of drug-likeness (QED) is 0.814. The Balaban J connectivity index is 2.01. The molecule has 0 saturated carbocycles. The summed E-state index contributed by atoms with van der Waals surface area (Å²) in [5.74, 6) is -0.323. The van der Waals surface area contributed by atoms with Crippen LogP contribution in [0.2, 0.25) is 0 Å². The number of carbonyl (C=O) groups excluding carboxylic acids is 2. The topological polar surface area (TPSA) is 61.4 Å². The van der Waals surface area contributed by atoms with Crippen LogP contribution in [-0.4, -0.2) is 43.9 Å². The number of amides is 2. The van der Waals surface area contributed by atoms with E-state index in [1.54, 1.807) is 14.1 Å². The summed E-state index contributed by atoms with van der Waals surface area (Å²) in [5.41, 5.74) is 3.06. The van der Waals surface area contributed by atoms with Crippen LogP contribution in [-0.2, 0) is 17.8 Å². The Kier molecular flexibility index (Phi) is 4.16. The van der Waals surface area contributed by atoms with Gasteiger partial charge in [0.15, 0.2) is 0 Å². The molecular formula is C14H19N3O2. The molecular weight excluding hydrogens is 242 g/mol. The van der Waals surface area contributed by atoms with E-state index in [0.717, 1.165) is 25.1 Å². The van der Waals surface area contributed by atoms with E-state index in [4.69, 9.17) is 0 Å². The average Bonchev–Trinajstić information content (AvgIpc) is 2.43. The zero-order chi connectivity index (χ0) is 13.8. The lowest BCUT2D eigenvalue weighted by molar-refractivity contribution is -0.127. The number of nitrogens with one attached hydrogen (secondary N) is 2. The number of benzene rings is 1. The van der Waals surface area contributed by atoms with Gasteiger partial charge in [-0.3, -0.25) is 9.59 Å². The molecule has 1 aliphatic heterocycles. The number of nitrogens with zero attached hydrogens (tertiary/aromatic N) is 1. The van der Waals surface area contributed by atoms with Gasteiger partial charge in [-0.25, -0.2) is 0 Å². The number of rotatable bonds is 3. The first-order valence-electron chi connectivity index (χ1n) is 6.39. The van der Waals surface area contributed by atoms with Gasteiger partial charge in [-0.2, -0.15) is 0 Å². The van der Waals surface area contributed by atoms with E-state index in [1.807, 2.05) is 18.2 Å². The maximum atomic E-state index is 12.0. The second kappa shape index (κ2) is 5.84. The fourth-order valence-corrected chi connectivity index (χ4v) is 2.04. The summed E-state index contributed by atoms with van der Waals surface area (Å²) in [6.07, 6.45) is 0.996. The molecule has 1 aliphatic rings. The third-order valence-corrected chi connectivity index (χ3v) is 3.25. The van der Waals surface area contributed by atoms with Crippen molar-refractivity contribution >= 4 is 11.8 Å². The molecule has 5 heteroatoms. The number of likely N-dealkylation sites (N-methyl/N-ethyl adjacent to an activating group) is 1. The van der Waals surface area contributed by atoms with Crippen LogP contribution in [0, 0.1) is 0 Å². The Morgan fingerprint density at radius 3 is 2.84 bits per heavy atom. The fourth-order valence-electron chi connectivity index (χ4n) is 2.04. The second-order valence-electron chi connectivity index (χ2n) is 4.88. The molecule has 0 saturated heterocycles. The van der Waals surface area contributed by atoms with E-state index >= 15 is 0 Å². The van der Waals surface area contributed by atoms with E-state index in [9.17, 15) is 9.59 Å². The number of fused-ring (bicyclic) bond motifs is 1. The van der Waals surface area contributed by atoms with Crippen molar-refractivity contribution in [2.75, 3.05) is 27.2 Å². The highest BCUT2D eigenvalue weighted by Gasteiger charge is 2.13. The summed E-state index contributed by atoms with van der Waals surface area (Å²) in [5, 5.41) is 5.92. The monoisotopic (exact) mass is 261 g/mol. The van der Waals surface area contributed by atoms with Crippen LogP contribution in [0.1, 0.15) is 21.5 Å². The number of hydrogen-bond donors (Lipinski definition) is 2. The lowest BCUT2D eigenvalue weighted by Crippen LogP contribution is -2.36. The van der Waals surface area contributed by atoms with E-state index < -0.39 is 0 Å². The largest absolute Gasteiger partial charge is 0.347 e. The summed E-state index contributed by atoms with van der Waals surface area (Å²) in [4.78, 5) is 24.8. The number of hydrogen-bond acceptors (Lipinski definition) is 3. The molecule has 0 radical (unpaired) electrons. The smallest absolute Gasteiger partial charge is 0.251 e. The predicted octanol–water partition coefficient (Wildman–Crippen LogP) is 0.150. The molecule has 2 N–H and O–H groups in total. The van der Waals surface area contributed by atoms with Crippen molar-refractivity contribution < 1.29 is 9.59 Å². The average molecular weight is 261 g/mol. The van der Waals surface area contributed by atoms with Crippen molar-refractivity contribution in [2.24, 2.45) is 0 Å². The molecule has 0 unspecified atom stereocenters. The van der Waals surface area contributed by atoms with Crippen LogP contribution in [0.15, 0.2) is 18.2 Å². The van der Waals surface area contributed by atoms with Gasteiger partial charge in [0.05, 0.1) is 6.54 Å². The van der Waals surface area contributed by atoms with E-state index in [1.165, 1.54) is 10.5 Å². The molecule has 0 spiro atoms. The predicted molar refractivity (Wildman–Crippen MR) is 72.9 cm³/mol. The minimum atomic E-state index is -0.205. The van der Waals surface area contributed by atoms with Crippen molar-refractivity contribution in [3.05, 3.63) is 34.9 Å². The van der Waals surface area contributed by atoms with Crippen LogP contribution in [0.25, 0.3) is 0 Å². The highest BCUT2D eigenvalue weighted by molar-refractivity contribution is 5.96. The summed E-state index contributed by atoms with van der Waals surface area (Å²) < 4.78 is 0. The fraction of sp³-hybridized carbons (Fsp3) is 0.429. The van der Waals surface area contributed by atoms with Gasteiger partial charge in [0.2, 0.25) is 5.91 Å². The first kappa shape index (κ1) is 13.5. The zero-order valence-electron chi connectivity index (χ0n) is 11.3. The second-order valence-corrected chi connectivity index (χ2v) is 4.88. The number of carbonyl (C=O) groups is 2. The van der Waals surface area contributed by atoms with Crippen molar-refractivity contribution in [2.45, 2.75) is 13.0 Å². The molecule has 1 heterocycles. The van der Waals surface area contributed by atoms with Crippen LogP contribution < -0.4 is 10.6 Å². The molecule has 0 bridgehead atoms. The van der Waals surface area contributed by atoms with Gasteiger partial charge < -0.3 is 15.5 Å². The summed E-state index contributed by atoms with van der Waals surface area (Å²) in [6, 6.07) is 5.72. The normalized spacial score (nSPS) is 13.6. The van der Waals surface area contributed by atoms with Crippen molar-refractivity contribution in [3.63, 3.8) is 0 Å². The maximum absolute atomic E-state index is 12.0. The van der Waals surface area contributed by atoms with Gasteiger partial charge in [-0.15, -0.1) is 0 Å². The van der Waals surface area contributed by atoms with Crippen molar-refractivity contribution in [3.8, 4) is 0 Å². The Bertz CT molecular complexity index is 497. The van der Waals surface area contributed by atoms with Crippen molar-refractivity contribution in [1.29, 1.82) is 0 Å². The van der Waals surface area contributed by atoms with Gasteiger partial charge in [0.1, 0.15) is 0 Å². The summed E-state index contributed by atoms with van der Waals surface area (Å²) >= 11 is 0. The first-order valence-corrected chi connectivity index (χ1v) is 6.39. The highest BCUT2D eigenvalue weighted by Crippen LogP contribution is 2.15. The van der Waals surface area contributed by atoms with Crippen molar-refractivity contribution in [1.82, 2.24) is 15.5 Å². The van der Waals surface area contributed by atoms with E-state index in [-0.39, 0.29) is 18.4 Å². The Morgan fingerprint density at radius 2 is 2.11 bits per heavy atom. The highest BCUT2D eigenvalue weighted by atomic mass is 16.2. The Labute approximate surface area is 113 Å². The van der Waals surface area contributed by atoms with Gasteiger partial charge in [-0.05, 0) is 36.2 Å². The lowest BCUT2D eigenvalue weighted by atomic mass is 9.98. The molecule has 1 aromatic rings. The molecule has 0 fully saturated rings. The Hall–Kier alpha value is -1.88. The molecule has 2 rings (SSSR count).